The van der Waals surface area contributed by atoms with Crippen molar-refractivity contribution in [3.63, 3.8) is 0 Å². The Labute approximate surface area is 121 Å². The molecule has 0 aromatic carbocycles. The van der Waals surface area contributed by atoms with Crippen molar-refractivity contribution in [3.05, 3.63) is 24.7 Å². The number of ether oxygens (including phenoxy) is 1. The van der Waals surface area contributed by atoms with Crippen LogP contribution in [0, 0.1) is 35.5 Å². The molecule has 0 spiro atoms. The van der Waals surface area contributed by atoms with E-state index in [0.29, 0.717) is 35.5 Å². The third-order valence-corrected chi connectivity index (χ3v) is 3.84. The van der Waals surface area contributed by atoms with Crippen LogP contribution in [0.2, 0.25) is 0 Å². The van der Waals surface area contributed by atoms with Crippen LogP contribution in [0.15, 0.2) is 24.7 Å². The van der Waals surface area contributed by atoms with Gasteiger partial charge in [-0.15, -0.1) is 0 Å². The van der Waals surface area contributed by atoms with E-state index < -0.39 is 0 Å². The Kier molecular flexibility index (Phi) is 8.88. The van der Waals surface area contributed by atoms with Gasteiger partial charge >= 0.3 is 0 Å². The van der Waals surface area contributed by atoms with Crippen LogP contribution < -0.4 is 0 Å². The summed E-state index contributed by atoms with van der Waals surface area (Å²) in [4.78, 5) is 0. The molecule has 0 aliphatic heterocycles. The SMILES string of the molecule is CC(C)C(C=COC=CC(C(C)C)C(C)C)C(C)C. The molecule has 0 saturated heterocycles. The molecule has 0 bridgehead atoms. The van der Waals surface area contributed by atoms with Crippen molar-refractivity contribution in [2.45, 2.75) is 55.4 Å². The molecular formula is C18H34O. The molecule has 0 radical (unpaired) electrons. The molecule has 0 aromatic heterocycles. The minimum absolute atomic E-state index is 0.583. The lowest BCUT2D eigenvalue weighted by molar-refractivity contribution is 0.324. The first-order valence-corrected chi connectivity index (χ1v) is 7.76. The highest BCUT2D eigenvalue weighted by molar-refractivity contribution is 4.91. The zero-order valence-electron chi connectivity index (χ0n) is 14.2. The number of hydrogen-bond donors (Lipinski definition) is 0. The molecule has 0 aromatic rings. The van der Waals surface area contributed by atoms with Crippen LogP contribution in [0.5, 0.6) is 0 Å². The Balaban J connectivity index is 4.33. The van der Waals surface area contributed by atoms with Crippen LogP contribution in [-0.2, 0) is 4.74 Å². The standard InChI is InChI=1S/C18H34O/c1-13(2)17(14(3)4)9-11-19-12-10-18(15(5)6)16(7)8/h9-18H,1-8H3. The summed E-state index contributed by atoms with van der Waals surface area (Å²) in [7, 11) is 0. The predicted molar refractivity (Wildman–Crippen MR) is 85.7 cm³/mol. The van der Waals surface area contributed by atoms with E-state index in [9.17, 15) is 0 Å². The van der Waals surface area contributed by atoms with Crippen molar-refractivity contribution in [2.75, 3.05) is 0 Å². The van der Waals surface area contributed by atoms with E-state index in [2.05, 4.69) is 67.5 Å². The van der Waals surface area contributed by atoms with Crippen molar-refractivity contribution in [1.82, 2.24) is 0 Å². The third kappa shape index (κ3) is 7.44. The highest BCUT2D eigenvalue weighted by Gasteiger charge is 2.14. The zero-order valence-corrected chi connectivity index (χ0v) is 14.2. The molecule has 0 heterocycles. The number of hydrogen-bond acceptors (Lipinski definition) is 1. The average Bonchev–Trinajstić information content (AvgIpc) is 2.25. The van der Waals surface area contributed by atoms with Crippen LogP contribution in [-0.4, -0.2) is 0 Å². The van der Waals surface area contributed by atoms with Crippen molar-refractivity contribution in [2.24, 2.45) is 35.5 Å². The topological polar surface area (TPSA) is 9.23 Å². The van der Waals surface area contributed by atoms with Crippen LogP contribution >= 0.6 is 0 Å². The summed E-state index contributed by atoms with van der Waals surface area (Å²) in [5, 5.41) is 0. The third-order valence-electron chi connectivity index (χ3n) is 3.84. The summed E-state index contributed by atoms with van der Waals surface area (Å²) in [6.45, 7) is 18.1. The summed E-state index contributed by atoms with van der Waals surface area (Å²) in [6.07, 6.45) is 8.08. The van der Waals surface area contributed by atoms with Gasteiger partial charge in [0.25, 0.3) is 0 Å². The Morgan fingerprint density at radius 3 is 1.00 bits per heavy atom. The largest absolute Gasteiger partial charge is 0.473 e. The first-order chi connectivity index (χ1) is 8.77. The first kappa shape index (κ1) is 18.3. The minimum atomic E-state index is 0.583. The maximum atomic E-state index is 5.53. The lowest BCUT2D eigenvalue weighted by Crippen LogP contribution is -2.13. The van der Waals surface area contributed by atoms with Crippen molar-refractivity contribution in [3.8, 4) is 0 Å². The normalized spacial score (nSPS) is 13.6. The molecule has 0 amide bonds. The van der Waals surface area contributed by atoms with Gasteiger partial charge in [-0.05, 0) is 47.7 Å². The lowest BCUT2D eigenvalue weighted by Gasteiger charge is -2.21. The fraction of sp³-hybridized carbons (Fsp3) is 0.778. The van der Waals surface area contributed by atoms with Crippen molar-refractivity contribution < 1.29 is 4.74 Å². The van der Waals surface area contributed by atoms with Gasteiger partial charge in [0.1, 0.15) is 0 Å². The Bertz CT molecular complexity index is 227. The van der Waals surface area contributed by atoms with E-state index in [1.165, 1.54) is 0 Å². The molecule has 0 unspecified atom stereocenters. The van der Waals surface area contributed by atoms with Gasteiger partial charge in [-0.1, -0.05) is 55.4 Å². The summed E-state index contributed by atoms with van der Waals surface area (Å²) < 4.78 is 5.53. The number of allylic oxidation sites excluding steroid dienone is 2. The number of rotatable bonds is 8. The molecule has 0 saturated carbocycles. The van der Waals surface area contributed by atoms with Gasteiger partial charge in [-0.3, -0.25) is 0 Å². The van der Waals surface area contributed by atoms with Gasteiger partial charge in [-0.2, -0.15) is 0 Å². The molecule has 0 fully saturated rings. The highest BCUT2D eigenvalue weighted by atomic mass is 16.5. The molecule has 0 N–H and O–H groups in total. The van der Waals surface area contributed by atoms with Gasteiger partial charge in [0, 0.05) is 0 Å². The maximum Gasteiger partial charge on any atom is 0.0864 e. The Morgan fingerprint density at radius 1 is 0.526 bits per heavy atom. The van der Waals surface area contributed by atoms with E-state index >= 15 is 0 Å². The van der Waals surface area contributed by atoms with Gasteiger partial charge in [0.15, 0.2) is 0 Å². The van der Waals surface area contributed by atoms with Crippen molar-refractivity contribution in [1.29, 1.82) is 0 Å². The highest BCUT2D eigenvalue weighted by Crippen LogP contribution is 2.23. The smallest absolute Gasteiger partial charge is 0.0864 e. The van der Waals surface area contributed by atoms with Crippen LogP contribution in [0.4, 0.5) is 0 Å². The summed E-state index contributed by atoms with van der Waals surface area (Å²) in [5.41, 5.74) is 0. The Morgan fingerprint density at radius 2 is 0.789 bits per heavy atom. The van der Waals surface area contributed by atoms with Gasteiger partial charge in [-0.25, -0.2) is 0 Å². The molecule has 19 heavy (non-hydrogen) atoms. The predicted octanol–water partition coefficient (Wildman–Crippen LogP) is 5.89. The summed E-state index contributed by atoms with van der Waals surface area (Å²) in [6, 6.07) is 0. The van der Waals surface area contributed by atoms with Gasteiger partial charge in [0.2, 0.25) is 0 Å². The lowest BCUT2D eigenvalue weighted by atomic mass is 9.86. The quantitative estimate of drug-likeness (QED) is 0.498. The minimum Gasteiger partial charge on any atom is -0.473 e. The first-order valence-electron chi connectivity index (χ1n) is 7.76. The van der Waals surface area contributed by atoms with E-state index in [1.807, 2.05) is 12.5 Å². The molecule has 112 valence electrons. The van der Waals surface area contributed by atoms with Crippen molar-refractivity contribution >= 4 is 0 Å². The second-order valence-corrected chi connectivity index (χ2v) is 6.92. The zero-order chi connectivity index (χ0) is 15.0. The maximum absolute atomic E-state index is 5.53. The molecule has 1 heteroatoms. The Hall–Kier alpha value is -0.720. The van der Waals surface area contributed by atoms with E-state index in [-0.39, 0.29) is 0 Å². The molecular weight excluding hydrogens is 232 g/mol. The van der Waals surface area contributed by atoms with Crippen LogP contribution in [0.3, 0.4) is 0 Å². The van der Waals surface area contributed by atoms with Gasteiger partial charge in [0.05, 0.1) is 12.5 Å². The van der Waals surface area contributed by atoms with Crippen LogP contribution in [0.25, 0.3) is 0 Å². The summed E-state index contributed by atoms with van der Waals surface area (Å²) in [5.74, 6) is 3.79. The van der Waals surface area contributed by atoms with Crippen LogP contribution in [0.1, 0.15) is 55.4 Å². The van der Waals surface area contributed by atoms with Gasteiger partial charge < -0.3 is 4.74 Å². The second kappa shape index (κ2) is 9.23. The fourth-order valence-electron chi connectivity index (χ4n) is 2.75. The monoisotopic (exact) mass is 266 g/mol. The van der Waals surface area contributed by atoms with E-state index in [1.54, 1.807) is 0 Å². The fourth-order valence-corrected chi connectivity index (χ4v) is 2.75. The summed E-state index contributed by atoms with van der Waals surface area (Å²) >= 11 is 0. The molecule has 1 nitrogen and oxygen atoms in total. The molecule has 0 aliphatic rings. The van der Waals surface area contributed by atoms with E-state index in [0.717, 1.165) is 0 Å². The average molecular weight is 266 g/mol. The molecule has 0 atom stereocenters. The molecule has 0 aliphatic carbocycles. The second-order valence-electron chi connectivity index (χ2n) is 6.92. The molecule has 0 rings (SSSR count). The van der Waals surface area contributed by atoms with E-state index in [4.69, 9.17) is 4.74 Å².